The Morgan fingerprint density at radius 2 is 1.94 bits per heavy atom. The third-order valence-corrected chi connectivity index (χ3v) is 9.34. The van der Waals surface area contributed by atoms with Crippen molar-refractivity contribution in [3.63, 3.8) is 0 Å². The highest BCUT2D eigenvalue weighted by atomic mass is 16.7. The zero-order valence-corrected chi connectivity index (χ0v) is 19.2. The van der Waals surface area contributed by atoms with Crippen molar-refractivity contribution in [3.8, 4) is 0 Å². The highest BCUT2D eigenvalue weighted by Crippen LogP contribution is 2.67. The van der Waals surface area contributed by atoms with Crippen LogP contribution in [0.2, 0.25) is 0 Å². The standard InChI is InChI=1S/C26H32O5/c1-15-12-18-19(23(3)9-6-17(28)13-21(15)23)7-10-24(4)20(18)8-11-26(24)22(29)14-30-25(5,31-26)16(2)27/h6-7,9,18,20H,8,10-14H2,1-5H3/t18?,20?,23-,24+,25?,26+/m1/s1. The fraction of sp³-hybridized carbons (Fsp3) is 0.654. The summed E-state index contributed by atoms with van der Waals surface area (Å²) in [5, 5.41) is 0. The summed E-state index contributed by atoms with van der Waals surface area (Å²) in [5.74, 6) is -0.840. The molecule has 0 radical (unpaired) electrons. The Bertz CT molecular complexity index is 1000. The number of carbonyl (C=O) groups is 3. The van der Waals surface area contributed by atoms with Gasteiger partial charge in [-0.25, -0.2) is 0 Å². The molecule has 0 aromatic heterocycles. The summed E-state index contributed by atoms with van der Waals surface area (Å²) in [4.78, 5) is 37.7. The van der Waals surface area contributed by atoms with Crippen LogP contribution in [0.1, 0.15) is 66.7 Å². The number of ether oxygens (including phenoxy) is 2. The lowest BCUT2D eigenvalue weighted by molar-refractivity contribution is -0.300. The maximum absolute atomic E-state index is 13.3. The highest BCUT2D eigenvalue weighted by Gasteiger charge is 2.69. The predicted octanol–water partition coefficient (Wildman–Crippen LogP) is 4.26. The number of hydrogen-bond acceptors (Lipinski definition) is 5. The Kier molecular flexibility index (Phi) is 4.31. The summed E-state index contributed by atoms with van der Waals surface area (Å²) in [7, 11) is 0. The van der Waals surface area contributed by atoms with Crippen LogP contribution in [0.4, 0.5) is 0 Å². The first-order chi connectivity index (χ1) is 14.5. The van der Waals surface area contributed by atoms with Gasteiger partial charge in [-0.2, -0.15) is 0 Å². The molecular weight excluding hydrogens is 392 g/mol. The van der Waals surface area contributed by atoms with Gasteiger partial charge in [-0.3, -0.25) is 14.4 Å². The van der Waals surface area contributed by atoms with E-state index in [-0.39, 0.29) is 40.7 Å². The Balaban J connectivity index is 1.59. The molecule has 1 aliphatic heterocycles. The molecule has 5 heteroatoms. The number of allylic oxidation sites excluding steroid dienone is 6. The van der Waals surface area contributed by atoms with Crippen molar-refractivity contribution in [3.05, 3.63) is 34.9 Å². The normalized spacial score (nSPS) is 46.5. The molecule has 0 aromatic carbocycles. The number of rotatable bonds is 1. The van der Waals surface area contributed by atoms with Gasteiger partial charge >= 0.3 is 0 Å². The van der Waals surface area contributed by atoms with Gasteiger partial charge in [-0.1, -0.05) is 30.2 Å². The molecular formula is C26H32O5. The number of carbonyl (C=O) groups excluding carboxylic acids is 3. The average molecular weight is 425 g/mol. The minimum Gasteiger partial charge on any atom is -0.336 e. The van der Waals surface area contributed by atoms with Gasteiger partial charge < -0.3 is 9.47 Å². The number of fused-ring (bicyclic) bond motifs is 6. The minimum absolute atomic E-state index is 0.0359. The molecule has 0 N–H and O–H groups in total. The van der Waals surface area contributed by atoms with Crippen LogP contribution in [-0.2, 0) is 23.9 Å². The lowest BCUT2D eigenvalue weighted by Gasteiger charge is -2.56. The van der Waals surface area contributed by atoms with E-state index in [1.165, 1.54) is 23.6 Å². The molecule has 0 amide bonds. The van der Waals surface area contributed by atoms with Crippen LogP contribution < -0.4 is 0 Å². The Labute approximate surface area is 183 Å². The van der Waals surface area contributed by atoms with Gasteiger partial charge in [-0.15, -0.1) is 0 Å². The molecule has 5 aliphatic rings. The minimum atomic E-state index is -1.37. The van der Waals surface area contributed by atoms with Crippen LogP contribution in [0, 0.1) is 22.7 Å². The van der Waals surface area contributed by atoms with E-state index < -0.39 is 11.4 Å². The summed E-state index contributed by atoms with van der Waals surface area (Å²) in [6.07, 6.45) is 9.81. The summed E-state index contributed by atoms with van der Waals surface area (Å²) in [6.45, 7) is 9.62. The van der Waals surface area contributed by atoms with Crippen LogP contribution in [0.15, 0.2) is 34.9 Å². The van der Waals surface area contributed by atoms with E-state index in [2.05, 4.69) is 32.9 Å². The average Bonchev–Trinajstić information content (AvgIpc) is 3.00. The summed E-state index contributed by atoms with van der Waals surface area (Å²) < 4.78 is 12.0. The van der Waals surface area contributed by atoms with Gasteiger partial charge in [0, 0.05) is 24.2 Å². The van der Waals surface area contributed by atoms with E-state index in [0.717, 1.165) is 19.3 Å². The van der Waals surface area contributed by atoms with Gasteiger partial charge in [0.05, 0.1) is 0 Å². The van der Waals surface area contributed by atoms with E-state index in [4.69, 9.17) is 9.47 Å². The molecule has 0 bridgehead atoms. The lowest BCUT2D eigenvalue weighted by atomic mass is 9.51. The molecule has 166 valence electrons. The highest BCUT2D eigenvalue weighted by molar-refractivity contribution is 5.94. The van der Waals surface area contributed by atoms with E-state index >= 15 is 0 Å². The molecule has 31 heavy (non-hydrogen) atoms. The van der Waals surface area contributed by atoms with Crippen molar-refractivity contribution in [2.24, 2.45) is 22.7 Å². The van der Waals surface area contributed by atoms with Crippen molar-refractivity contribution in [1.82, 2.24) is 0 Å². The summed E-state index contributed by atoms with van der Waals surface area (Å²) in [6, 6.07) is 0. The number of ketones is 3. The molecule has 0 aromatic rings. The van der Waals surface area contributed by atoms with Crippen molar-refractivity contribution in [2.45, 2.75) is 78.1 Å². The van der Waals surface area contributed by atoms with Crippen molar-refractivity contribution in [1.29, 1.82) is 0 Å². The van der Waals surface area contributed by atoms with Gasteiger partial charge in [-0.05, 0) is 69.9 Å². The predicted molar refractivity (Wildman–Crippen MR) is 115 cm³/mol. The second-order valence-corrected chi connectivity index (χ2v) is 10.8. The van der Waals surface area contributed by atoms with Gasteiger partial charge in [0.2, 0.25) is 5.79 Å². The molecule has 5 rings (SSSR count). The molecule has 4 aliphatic carbocycles. The van der Waals surface area contributed by atoms with Crippen molar-refractivity contribution < 1.29 is 23.9 Å². The maximum Gasteiger partial charge on any atom is 0.227 e. The zero-order chi connectivity index (χ0) is 22.4. The fourth-order valence-electron chi connectivity index (χ4n) is 7.40. The summed E-state index contributed by atoms with van der Waals surface area (Å²) in [5.41, 5.74) is 2.36. The monoisotopic (exact) mass is 424 g/mol. The third kappa shape index (κ3) is 2.53. The van der Waals surface area contributed by atoms with Crippen LogP contribution >= 0.6 is 0 Å². The van der Waals surface area contributed by atoms with Crippen LogP contribution in [0.5, 0.6) is 0 Å². The largest absolute Gasteiger partial charge is 0.336 e. The quantitative estimate of drug-likeness (QED) is 0.588. The third-order valence-electron chi connectivity index (χ3n) is 9.34. The van der Waals surface area contributed by atoms with Gasteiger partial charge in [0.1, 0.15) is 12.2 Å². The van der Waals surface area contributed by atoms with Crippen molar-refractivity contribution >= 4 is 17.3 Å². The number of Topliss-reactive ketones (excluding diaryl/α,β-unsaturated/α-hetero) is 2. The van der Waals surface area contributed by atoms with Crippen LogP contribution in [-0.4, -0.2) is 35.3 Å². The molecule has 5 nitrogen and oxygen atoms in total. The maximum atomic E-state index is 13.3. The van der Waals surface area contributed by atoms with Gasteiger partial charge in [0.15, 0.2) is 17.3 Å². The first-order valence-electron chi connectivity index (χ1n) is 11.5. The van der Waals surface area contributed by atoms with E-state index in [1.54, 1.807) is 13.0 Å². The number of hydrogen-bond donors (Lipinski definition) is 0. The Morgan fingerprint density at radius 1 is 1.19 bits per heavy atom. The van der Waals surface area contributed by atoms with Gasteiger partial charge in [0.25, 0.3) is 0 Å². The molecule has 2 fully saturated rings. The zero-order valence-electron chi connectivity index (χ0n) is 19.2. The SMILES string of the molecule is CC(=O)C1(C)OCC(=O)[C@]2(CCC3C4CC(C)=C5CC(=O)C=C[C@]5(C)C4=CC[C@@]32C)O1. The second kappa shape index (κ2) is 6.35. The second-order valence-electron chi connectivity index (χ2n) is 10.8. The van der Waals surface area contributed by atoms with E-state index in [1.807, 2.05) is 0 Å². The lowest BCUT2D eigenvalue weighted by Crippen LogP contribution is -2.65. The first-order valence-corrected chi connectivity index (χ1v) is 11.5. The van der Waals surface area contributed by atoms with E-state index in [9.17, 15) is 14.4 Å². The van der Waals surface area contributed by atoms with E-state index in [0.29, 0.717) is 18.8 Å². The Hall–Kier alpha value is -1.85. The van der Waals surface area contributed by atoms with Crippen LogP contribution in [0.3, 0.4) is 0 Å². The first kappa shape index (κ1) is 21.0. The molecule has 1 heterocycles. The Morgan fingerprint density at radius 3 is 2.65 bits per heavy atom. The molecule has 1 saturated heterocycles. The smallest absolute Gasteiger partial charge is 0.227 e. The topological polar surface area (TPSA) is 69.7 Å². The summed E-state index contributed by atoms with van der Waals surface area (Å²) >= 11 is 0. The van der Waals surface area contributed by atoms with Crippen molar-refractivity contribution in [2.75, 3.05) is 6.61 Å². The molecule has 3 unspecified atom stereocenters. The fourth-order valence-corrected chi connectivity index (χ4v) is 7.40. The van der Waals surface area contributed by atoms with Crippen LogP contribution in [0.25, 0.3) is 0 Å². The molecule has 1 spiro atoms. The molecule has 1 saturated carbocycles. The molecule has 6 atom stereocenters.